The lowest BCUT2D eigenvalue weighted by Gasteiger charge is -2.35. The second-order valence-corrected chi connectivity index (χ2v) is 6.00. The van der Waals surface area contributed by atoms with Gasteiger partial charge in [-0.2, -0.15) is 0 Å². The molecule has 0 unspecified atom stereocenters. The molecule has 3 aliphatic heterocycles. The summed E-state index contributed by atoms with van der Waals surface area (Å²) >= 11 is 0. The van der Waals surface area contributed by atoms with Crippen LogP contribution in [-0.4, -0.2) is 31.3 Å². The zero-order valence-electron chi connectivity index (χ0n) is 11.9. The third-order valence-corrected chi connectivity index (χ3v) is 4.73. The van der Waals surface area contributed by atoms with Crippen LogP contribution >= 0.6 is 0 Å². The fourth-order valence-corrected chi connectivity index (χ4v) is 3.65. The Kier molecular flexibility index (Phi) is 3.28. The van der Waals surface area contributed by atoms with Gasteiger partial charge in [-0.15, -0.1) is 0 Å². The van der Waals surface area contributed by atoms with E-state index in [-0.39, 0.29) is 0 Å². The molecule has 1 N–H and O–H groups in total. The molecule has 3 aliphatic rings. The summed E-state index contributed by atoms with van der Waals surface area (Å²) in [7, 11) is 0. The predicted molar refractivity (Wildman–Crippen MR) is 77.1 cm³/mol. The highest BCUT2D eigenvalue weighted by atomic mass is 16.7. The number of ether oxygens (including phenoxy) is 2. The summed E-state index contributed by atoms with van der Waals surface area (Å²) in [6, 6.07) is 4.87. The summed E-state index contributed by atoms with van der Waals surface area (Å²) in [5.41, 5.74) is 2.81. The van der Waals surface area contributed by atoms with Crippen LogP contribution in [0, 0.1) is 0 Å². The van der Waals surface area contributed by atoms with Crippen molar-refractivity contribution in [2.24, 2.45) is 0 Å². The largest absolute Gasteiger partial charge is 0.454 e. The van der Waals surface area contributed by atoms with E-state index in [9.17, 15) is 0 Å². The molecule has 0 radical (unpaired) electrons. The van der Waals surface area contributed by atoms with Gasteiger partial charge in [0.05, 0.1) is 0 Å². The Morgan fingerprint density at radius 2 is 1.75 bits per heavy atom. The topological polar surface area (TPSA) is 33.7 Å². The van der Waals surface area contributed by atoms with E-state index in [1.165, 1.54) is 49.9 Å². The van der Waals surface area contributed by atoms with Gasteiger partial charge in [0, 0.05) is 19.1 Å². The molecule has 20 heavy (non-hydrogen) atoms. The number of fused-ring (bicyclic) bond motifs is 2. The third kappa shape index (κ3) is 2.17. The second-order valence-electron chi connectivity index (χ2n) is 6.00. The molecular weight excluding hydrogens is 252 g/mol. The lowest BCUT2D eigenvalue weighted by Crippen LogP contribution is -2.40. The average molecular weight is 274 g/mol. The van der Waals surface area contributed by atoms with Gasteiger partial charge < -0.3 is 14.8 Å². The van der Waals surface area contributed by atoms with E-state index in [0.717, 1.165) is 24.6 Å². The number of nitrogens with zero attached hydrogens (tertiary/aromatic N) is 1. The molecule has 108 valence electrons. The minimum atomic E-state index is 0.361. The lowest BCUT2D eigenvalue weighted by atomic mass is 9.94. The molecule has 4 nitrogen and oxygen atoms in total. The Morgan fingerprint density at radius 3 is 2.55 bits per heavy atom. The van der Waals surface area contributed by atoms with Crippen molar-refractivity contribution in [1.29, 1.82) is 0 Å². The van der Waals surface area contributed by atoms with Crippen LogP contribution in [-0.2, 0) is 6.54 Å². The van der Waals surface area contributed by atoms with Crippen LogP contribution < -0.4 is 14.8 Å². The summed E-state index contributed by atoms with van der Waals surface area (Å²) in [4.78, 5) is 2.65. The molecule has 1 aromatic carbocycles. The Balaban J connectivity index is 1.66. The number of rotatable bonds is 1. The van der Waals surface area contributed by atoms with E-state index in [1.54, 1.807) is 0 Å². The molecule has 4 heteroatoms. The second kappa shape index (κ2) is 5.26. The molecule has 0 spiro atoms. The molecular formula is C16H22N2O2. The number of likely N-dealkylation sites (tertiary alicyclic amines) is 1. The smallest absolute Gasteiger partial charge is 0.231 e. The molecule has 1 atom stereocenters. The van der Waals surface area contributed by atoms with Gasteiger partial charge in [-0.05, 0) is 49.2 Å². The monoisotopic (exact) mass is 274 g/mol. The van der Waals surface area contributed by atoms with E-state index >= 15 is 0 Å². The van der Waals surface area contributed by atoms with Crippen LogP contribution in [0.4, 0.5) is 0 Å². The molecule has 1 saturated heterocycles. The highest BCUT2D eigenvalue weighted by Gasteiger charge is 2.29. The van der Waals surface area contributed by atoms with Crippen LogP contribution in [0.25, 0.3) is 0 Å². The minimum Gasteiger partial charge on any atom is -0.454 e. The number of benzene rings is 1. The first kappa shape index (κ1) is 12.5. The number of nitrogens with one attached hydrogen (secondary N) is 1. The van der Waals surface area contributed by atoms with Crippen LogP contribution in [0.1, 0.15) is 42.9 Å². The molecule has 0 amide bonds. The quantitative estimate of drug-likeness (QED) is 0.853. The van der Waals surface area contributed by atoms with Gasteiger partial charge in [-0.3, -0.25) is 4.90 Å². The Labute approximate surface area is 120 Å². The van der Waals surface area contributed by atoms with Crippen LogP contribution in [0.5, 0.6) is 11.5 Å². The summed E-state index contributed by atoms with van der Waals surface area (Å²) in [5.74, 6) is 1.83. The van der Waals surface area contributed by atoms with E-state index in [1.807, 2.05) is 0 Å². The number of hydrogen-bond donors (Lipinski definition) is 1. The molecule has 0 bridgehead atoms. The molecule has 0 saturated carbocycles. The normalized spacial score (nSPS) is 26.1. The van der Waals surface area contributed by atoms with Gasteiger partial charge in [-0.25, -0.2) is 0 Å². The fraction of sp³-hybridized carbons (Fsp3) is 0.625. The van der Waals surface area contributed by atoms with E-state index in [2.05, 4.69) is 22.3 Å². The SMILES string of the molecule is c1c2c(cc3c1OCO3)[C@@H](N1CCCCCC1)CNC2. The van der Waals surface area contributed by atoms with Crippen molar-refractivity contribution in [3.05, 3.63) is 23.3 Å². The molecule has 0 aliphatic carbocycles. The standard InChI is InChI=1S/C16H22N2O2/c1-2-4-6-18(5-3-1)14-10-17-9-12-7-15-16(8-13(12)14)20-11-19-15/h7-8,14,17H,1-6,9-11H2/t14-/m0/s1. The van der Waals surface area contributed by atoms with Crippen molar-refractivity contribution in [3.8, 4) is 11.5 Å². The Bertz CT molecular complexity index is 495. The van der Waals surface area contributed by atoms with Gasteiger partial charge in [0.25, 0.3) is 0 Å². The van der Waals surface area contributed by atoms with Gasteiger partial charge in [-0.1, -0.05) is 12.8 Å². The summed E-state index contributed by atoms with van der Waals surface area (Å²) in [5, 5.41) is 3.56. The zero-order valence-corrected chi connectivity index (χ0v) is 11.9. The molecule has 3 heterocycles. The van der Waals surface area contributed by atoms with Crippen molar-refractivity contribution >= 4 is 0 Å². The number of hydrogen-bond acceptors (Lipinski definition) is 4. The van der Waals surface area contributed by atoms with Crippen LogP contribution in [0.2, 0.25) is 0 Å². The zero-order chi connectivity index (χ0) is 13.4. The first-order valence-electron chi connectivity index (χ1n) is 7.79. The predicted octanol–water partition coefficient (Wildman–Crippen LogP) is 2.44. The lowest BCUT2D eigenvalue weighted by molar-refractivity contribution is 0.173. The molecule has 1 fully saturated rings. The summed E-state index contributed by atoms with van der Waals surface area (Å²) in [6.45, 7) is 4.80. The maximum atomic E-state index is 5.56. The third-order valence-electron chi connectivity index (χ3n) is 4.73. The summed E-state index contributed by atoms with van der Waals surface area (Å²) < 4.78 is 11.1. The Hall–Kier alpha value is -1.26. The van der Waals surface area contributed by atoms with Crippen molar-refractivity contribution in [1.82, 2.24) is 10.2 Å². The molecule has 4 rings (SSSR count). The molecule has 0 aromatic heterocycles. The van der Waals surface area contributed by atoms with Crippen LogP contribution in [0.15, 0.2) is 12.1 Å². The van der Waals surface area contributed by atoms with E-state index < -0.39 is 0 Å². The Morgan fingerprint density at radius 1 is 1.00 bits per heavy atom. The van der Waals surface area contributed by atoms with E-state index in [0.29, 0.717) is 12.8 Å². The van der Waals surface area contributed by atoms with Crippen molar-refractivity contribution in [2.45, 2.75) is 38.3 Å². The van der Waals surface area contributed by atoms with Crippen molar-refractivity contribution in [3.63, 3.8) is 0 Å². The average Bonchev–Trinajstić information content (AvgIpc) is 2.76. The maximum Gasteiger partial charge on any atom is 0.231 e. The van der Waals surface area contributed by atoms with E-state index in [4.69, 9.17) is 9.47 Å². The maximum absolute atomic E-state index is 5.56. The highest BCUT2D eigenvalue weighted by molar-refractivity contribution is 5.50. The van der Waals surface area contributed by atoms with Crippen molar-refractivity contribution < 1.29 is 9.47 Å². The van der Waals surface area contributed by atoms with Gasteiger partial charge in [0.1, 0.15) is 0 Å². The summed E-state index contributed by atoms with van der Waals surface area (Å²) in [6.07, 6.45) is 5.42. The van der Waals surface area contributed by atoms with Gasteiger partial charge in [0.2, 0.25) is 6.79 Å². The molecule has 1 aromatic rings. The minimum absolute atomic E-state index is 0.361. The van der Waals surface area contributed by atoms with Crippen molar-refractivity contribution in [2.75, 3.05) is 26.4 Å². The van der Waals surface area contributed by atoms with Gasteiger partial charge >= 0.3 is 0 Å². The first-order valence-corrected chi connectivity index (χ1v) is 7.79. The highest BCUT2D eigenvalue weighted by Crippen LogP contribution is 2.39. The first-order chi connectivity index (χ1) is 9.92. The fourth-order valence-electron chi connectivity index (χ4n) is 3.65. The van der Waals surface area contributed by atoms with Gasteiger partial charge in [0.15, 0.2) is 11.5 Å². The van der Waals surface area contributed by atoms with Crippen LogP contribution in [0.3, 0.4) is 0 Å².